The van der Waals surface area contributed by atoms with Gasteiger partial charge in [-0.15, -0.1) is 5.06 Å². The summed E-state index contributed by atoms with van der Waals surface area (Å²) < 4.78 is 5.76. The highest BCUT2D eigenvalue weighted by atomic mass is 16.7. The second kappa shape index (κ2) is 5.08. The molecule has 2 rings (SSSR count). The molecule has 1 heterocycles. The number of hydrogen-bond donors (Lipinski definition) is 0. The quantitative estimate of drug-likeness (QED) is 0.807. The standard InChI is InChI=1S/C14H19NO3/c1-11(16)18-15-10-17-13(9-14(15,2)3)12-7-5-4-6-8-12/h4-8,13H,9-10H2,1-3H3. The van der Waals surface area contributed by atoms with Crippen molar-refractivity contribution in [2.75, 3.05) is 6.73 Å². The molecule has 1 fully saturated rings. The van der Waals surface area contributed by atoms with Crippen LogP contribution in [0.3, 0.4) is 0 Å². The van der Waals surface area contributed by atoms with Gasteiger partial charge in [-0.1, -0.05) is 30.3 Å². The Balaban J connectivity index is 2.08. The topological polar surface area (TPSA) is 38.8 Å². The third kappa shape index (κ3) is 2.89. The lowest BCUT2D eigenvalue weighted by atomic mass is 9.91. The van der Waals surface area contributed by atoms with Gasteiger partial charge in [-0.3, -0.25) is 4.79 Å². The summed E-state index contributed by atoms with van der Waals surface area (Å²) >= 11 is 0. The number of carbonyl (C=O) groups is 1. The van der Waals surface area contributed by atoms with Gasteiger partial charge in [0.05, 0.1) is 11.6 Å². The Morgan fingerprint density at radius 1 is 1.39 bits per heavy atom. The van der Waals surface area contributed by atoms with Gasteiger partial charge in [0.25, 0.3) is 0 Å². The van der Waals surface area contributed by atoms with Gasteiger partial charge < -0.3 is 9.57 Å². The van der Waals surface area contributed by atoms with E-state index in [0.717, 1.165) is 12.0 Å². The molecule has 4 nitrogen and oxygen atoms in total. The molecule has 4 heteroatoms. The lowest BCUT2D eigenvalue weighted by molar-refractivity contribution is -0.280. The van der Waals surface area contributed by atoms with Crippen molar-refractivity contribution in [3.8, 4) is 0 Å². The van der Waals surface area contributed by atoms with Crippen molar-refractivity contribution in [3.63, 3.8) is 0 Å². The third-order valence-corrected chi connectivity index (χ3v) is 3.16. The first-order chi connectivity index (χ1) is 8.49. The van der Waals surface area contributed by atoms with Crippen molar-refractivity contribution in [2.45, 2.75) is 38.8 Å². The minimum Gasteiger partial charge on any atom is -0.365 e. The van der Waals surface area contributed by atoms with E-state index in [1.807, 2.05) is 18.2 Å². The van der Waals surface area contributed by atoms with Crippen molar-refractivity contribution < 1.29 is 14.4 Å². The molecular weight excluding hydrogens is 230 g/mol. The van der Waals surface area contributed by atoms with Crippen LogP contribution in [0.2, 0.25) is 0 Å². The van der Waals surface area contributed by atoms with E-state index in [0.29, 0.717) is 6.73 Å². The van der Waals surface area contributed by atoms with Crippen LogP contribution in [0, 0.1) is 0 Å². The SMILES string of the molecule is CC(=O)ON1COC(c2ccccc2)CC1(C)C. The summed E-state index contributed by atoms with van der Waals surface area (Å²) in [4.78, 5) is 16.2. The molecule has 0 radical (unpaired) electrons. The molecule has 0 saturated carbocycles. The fourth-order valence-electron chi connectivity index (χ4n) is 2.13. The monoisotopic (exact) mass is 249 g/mol. The average Bonchev–Trinajstić information content (AvgIpc) is 2.32. The van der Waals surface area contributed by atoms with Gasteiger partial charge >= 0.3 is 5.97 Å². The molecule has 1 aliphatic rings. The number of rotatable bonds is 2. The Labute approximate surface area is 107 Å². The fourth-order valence-corrected chi connectivity index (χ4v) is 2.13. The van der Waals surface area contributed by atoms with E-state index in [4.69, 9.17) is 9.57 Å². The largest absolute Gasteiger partial charge is 0.365 e. The summed E-state index contributed by atoms with van der Waals surface area (Å²) in [5, 5.41) is 1.61. The summed E-state index contributed by atoms with van der Waals surface area (Å²) in [6.45, 7) is 5.80. The van der Waals surface area contributed by atoms with Crippen LogP contribution in [-0.4, -0.2) is 23.3 Å². The molecule has 0 aromatic heterocycles. The van der Waals surface area contributed by atoms with Crippen LogP contribution in [-0.2, 0) is 14.4 Å². The van der Waals surface area contributed by atoms with Gasteiger partial charge in [-0.05, 0) is 25.8 Å². The molecule has 1 saturated heterocycles. The van der Waals surface area contributed by atoms with E-state index in [2.05, 4.69) is 26.0 Å². The molecule has 1 aliphatic heterocycles. The number of ether oxygens (including phenoxy) is 1. The van der Waals surface area contributed by atoms with Gasteiger partial charge in [-0.25, -0.2) is 0 Å². The molecule has 1 unspecified atom stereocenters. The number of hydrogen-bond acceptors (Lipinski definition) is 4. The minimum atomic E-state index is -0.315. The van der Waals surface area contributed by atoms with E-state index >= 15 is 0 Å². The highest BCUT2D eigenvalue weighted by Gasteiger charge is 2.38. The summed E-state index contributed by atoms with van der Waals surface area (Å²) in [5.41, 5.74) is 0.929. The van der Waals surface area contributed by atoms with Crippen LogP contribution >= 0.6 is 0 Å². The Morgan fingerprint density at radius 2 is 2.06 bits per heavy atom. The Kier molecular flexibility index (Phi) is 3.68. The van der Waals surface area contributed by atoms with Gasteiger partial charge in [-0.2, -0.15) is 0 Å². The maximum Gasteiger partial charge on any atom is 0.322 e. The Bertz CT molecular complexity index is 416. The van der Waals surface area contributed by atoms with E-state index in [9.17, 15) is 4.79 Å². The predicted octanol–water partition coefficient (Wildman–Crippen LogP) is 2.66. The van der Waals surface area contributed by atoms with Crippen molar-refractivity contribution in [2.24, 2.45) is 0 Å². The van der Waals surface area contributed by atoms with Crippen molar-refractivity contribution in [3.05, 3.63) is 35.9 Å². The Morgan fingerprint density at radius 3 is 2.61 bits per heavy atom. The average molecular weight is 249 g/mol. The molecule has 0 spiro atoms. The first-order valence-corrected chi connectivity index (χ1v) is 6.12. The zero-order valence-corrected chi connectivity index (χ0v) is 11.1. The Hall–Kier alpha value is -1.39. The zero-order valence-electron chi connectivity index (χ0n) is 11.1. The summed E-state index contributed by atoms with van der Waals surface area (Å²) in [5.74, 6) is -0.315. The van der Waals surface area contributed by atoms with Crippen molar-refractivity contribution in [1.29, 1.82) is 0 Å². The molecule has 1 aromatic carbocycles. The van der Waals surface area contributed by atoms with E-state index in [1.165, 1.54) is 6.92 Å². The maximum atomic E-state index is 11.0. The molecule has 0 bridgehead atoms. The van der Waals surface area contributed by atoms with Crippen LogP contribution < -0.4 is 0 Å². The molecule has 98 valence electrons. The van der Waals surface area contributed by atoms with Crippen LogP contribution in [0.5, 0.6) is 0 Å². The molecule has 18 heavy (non-hydrogen) atoms. The second-order valence-corrected chi connectivity index (χ2v) is 5.17. The van der Waals surface area contributed by atoms with Crippen LogP contribution in [0.1, 0.15) is 38.9 Å². The van der Waals surface area contributed by atoms with Gasteiger partial charge in [0, 0.05) is 6.92 Å². The maximum absolute atomic E-state index is 11.0. The zero-order chi connectivity index (χ0) is 13.2. The number of benzene rings is 1. The molecule has 0 aliphatic carbocycles. The molecular formula is C14H19NO3. The minimum absolute atomic E-state index is 0.0491. The van der Waals surface area contributed by atoms with E-state index in [-0.39, 0.29) is 17.6 Å². The van der Waals surface area contributed by atoms with Crippen molar-refractivity contribution >= 4 is 5.97 Å². The third-order valence-electron chi connectivity index (χ3n) is 3.16. The first-order valence-electron chi connectivity index (χ1n) is 6.12. The molecule has 0 amide bonds. The highest BCUT2D eigenvalue weighted by Crippen LogP contribution is 2.35. The summed E-state index contributed by atoms with van der Waals surface area (Å²) in [6, 6.07) is 10.1. The lowest BCUT2D eigenvalue weighted by Crippen LogP contribution is -2.50. The highest BCUT2D eigenvalue weighted by molar-refractivity contribution is 5.65. The summed E-state index contributed by atoms with van der Waals surface area (Å²) in [7, 11) is 0. The predicted molar refractivity (Wildman–Crippen MR) is 67.4 cm³/mol. The molecule has 0 N–H and O–H groups in total. The van der Waals surface area contributed by atoms with Gasteiger partial charge in [0.1, 0.15) is 6.73 Å². The van der Waals surface area contributed by atoms with Crippen LogP contribution in [0.4, 0.5) is 0 Å². The van der Waals surface area contributed by atoms with Crippen molar-refractivity contribution in [1.82, 2.24) is 5.06 Å². The molecule has 1 atom stereocenters. The first kappa shape index (κ1) is 13.1. The normalized spacial score (nSPS) is 23.6. The smallest absolute Gasteiger partial charge is 0.322 e. The van der Waals surface area contributed by atoms with E-state index in [1.54, 1.807) is 5.06 Å². The number of carbonyl (C=O) groups excluding carboxylic acids is 1. The van der Waals surface area contributed by atoms with Gasteiger partial charge in [0.2, 0.25) is 0 Å². The van der Waals surface area contributed by atoms with Crippen LogP contribution in [0.25, 0.3) is 0 Å². The number of hydroxylamine groups is 2. The second-order valence-electron chi connectivity index (χ2n) is 5.17. The lowest BCUT2D eigenvalue weighted by Gasteiger charge is -2.43. The van der Waals surface area contributed by atoms with Gasteiger partial charge in [0.15, 0.2) is 0 Å². The fraction of sp³-hybridized carbons (Fsp3) is 0.500. The molecule has 1 aromatic rings. The summed E-state index contributed by atoms with van der Waals surface area (Å²) in [6.07, 6.45) is 0.831. The van der Waals surface area contributed by atoms with Crippen LogP contribution in [0.15, 0.2) is 30.3 Å². The van der Waals surface area contributed by atoms with E-state index < -0.39 is 0 Å². The number of nitrogens with zero attached hydrogens (tertiary/aromatic N) is 1.